The summed E-state index contributed by atoms with van der Waals surface area (Å²) in [5.74, 6) is 0.287. The maximum absolute atomic E-state index is 12.2. The fraction of sp³-hybridized carbons (Fsp3) is 0.533. The zero-order valence-electron chi connectivity index (χ0n) is 11.4. The summed E-state index contributed by atoms with van der Waals surface area (Å²) in [6.07, 6.45) is 2.87. The van der Waals surface area contributed by atoms with Gasteiger partial charge in [-0.05, 0) is 56.7 Å². The fourth-order valence-electron chi connectivity index (χ4n) is 2.32. The largest absolute Gasteiger partial charge is 0.352 e. The van der Waals surface area contributed by atoms with Crippen molar-refractivity contribution >= 4 is 17.5 Å². The molecule has 1 aromatic carbocycles. The van der Waals surface area contributed by atoms with Crippen molar-refractivity contribution in [3.63, 3.8) is 0 Å². The molecule has 1 amide bonds. The standard InChI is InChI=1S/C15H21ClN2O/c1-10(8-11-4-3-5-13(16)9-11)18-14(19)15(2,17)12-6-7-12/h3-5,9-10,12H,6-8,17H2,1-2H3,(H,18,19). The molecule has 0 aromatic heterocycles. The Labute approximate surface area is 119 Å². The van der Waals surface area contributed by atoms with Gasteiger partial charge in [-0.1, -0.05) is 23.7 Å². The Bertz CT molecular complexity index is 469. The van der Waals surface area contributed by atoms with Gasteiger partial charge in [-0.2, -0.15) is 0 Å². The van der Waals surface area contributed by atoms with Gasteiger partial charge in [-0.3, -0.25) is 4.79 Å². The first kappa shape index (κ1) is 14.4. The Morgan fingerprint density at radius 3 is 2.84 bits per heavy atom. The van der Waals surface area contributed by atoms with E-state index >= 15 is 0 Å². The van der Waals surface area contributed by atoms with Gasteiger partial charge in [0.1, 0.15) is 0 Å². The molecular formula is C15H21ClN2O. The molecule has 2 atom stereocenters. The Balaban J connectivity index is 1.90. The fourth-order valence-corrected chi connectivity index (χ4v) is 2.53. The molecule has 0 heterocycles. The molecule has 1 aliphatic carbocycles. The molecule has 1 aromatic rings. The summed E-state index contributed by atoms with van der Waals surface area (Å²) in [5.41, 5.74) is 6.48. The predicted octanol–water partition coefficient (Wildman–Crippen LogP) is 2.51. The SMILES string of the molecule is CC(Cc1cccc(Cl)c1)NC(=O)C(C)(N)C1CC1. The van der Waals surface area contributed by atoms with Crippen LogP contribution in [0.4, 0.5) is 0 Å². The summed E-state index contributed by atoms with van der Waals surface area (Å²) in [7, 11) is 0. The Morgan fingerprint density at radius 1 is 1.58 bits per heavy atom. The van der Waals surface area contributed by atoms with E-state index in [-0.39, 0.29) is 11.9 Å². The van der Waals surface area contributed by atoms with E-state index in [0.717, 1.165) is 29.8 Å². The summed E-state index contributed by atoms with van der Waals surface area (Å²) >= 11 is 5.95. The van der Waals surface area contributed by atoms with Gasteiger partial charge in [0.25, 0.3) is 0 Å². The van der Waals surface area contributed by atoms with E-state index in [0.29, 0.717) is 5.92 Å². The number of hydrogen-bond acceptors (Lipinski definition) is 2. The number of rotatable bonds is 5. The van der Waals surface area contributed by atoms with Gasteiger partial charge >= 0.3 is 0 Å². The minimum Gasteiger partial charge on any atom is -0.352 e. The molecule has 1 fully saturated rings. The van der Waals surface area contributed by atoms with E-state index in [1.54, 1.807) is 0 Å². The van der Waals surface area contributed by atoms with Crippen LogP contribution in [0.5, 0.6) is 0 Å². The van der Waals surface area contributed by atoms with Crippen molar-refractivity contribution < 1.29 is 4.79 Å². The summed E-state index contributed by atoms with van der Waals surface area (Å²) in [6.45, 7) is 3.81. The molecule has 0 radical (unpaired) electrons. The van der Waals surface area contributed by atoms with Gasteiger partial charge in [0.2, 0.25) is 5.91 Å². The van der Waals surface area contributed by atoms with Gasteiger partial charge in [0, 0.05) is 11.1 Å². The van der Waals surface area contributed by atoms with Crippen molar-refractivity contribution in [2.24, 2.45) is 11.7 Å². The van der Waals surface area contributed by atoms with E-state index in [1.165, 1.54) is 0 Å². The molecule has 4 heteroatoms. The predicted molar refractivity (Wildman–Crippen MR) is 78.1 cm³/mol. The third kappa shape index (κ3) is 3.71. The van der Waals surface area contributed by atoms with Crippen molar-refractivity contribution in [1.29, 1.82) is 0 Å². The number of amides is 1. The highest BCUT2D eigenvalue weighted by Gasteiger charge is 2.44. The van der Waals surface area contributed by atoms with E-state index in [1.807, 2.05) is 38.1 Å². The maximum atomic E-state index is 12.2. The van der Waals surface area contributed by atoms with Gasteiger partial charge in [0.15, 0.2) is 0 Å². The molecule has 3 N–H and O–H groups in total. The van der Waals surface area contributed by atoms with Crippen LogP contribution in [0.15, 0.2) is 24.3 Å². The molecule has 1 saturated carbocycles. The van der Waals surface area contributed by atoms with Gasteiger partial charge in [-0.25, -0.2) is 0 Å². The topological polar surface area (TPSA) is 55.1 Å². The second-order valence-electron chi connectivity index (χ2n) is 5.77. The van der Waals surface area contributed by atoms with Crippen LogP contribution < -0.4 is 11.1 Å². The van der Waals surface area contributed by atoms with Gasteiger partial charge in [-0.15, -0.1) is 0 Å². The average Bonchev–Trinajstić information content (AvgIpc) is 3.12. The van der Waals surface area contributed by atoms with Gasteiger partial charge in [0.05, 0.1) is 5.54 Å². The van der Waals surface area contributed by atoms with E-state index in [9.17, 15) is 4.79 Å². The van der Waals surface area contributed by atoms with Crippen molar-refractivity contribution in [2.45, 2.75) is 44.7 Å². The lowest BCUT2D eigenvalue weighted by atomic mass is 9.95. The molecule has 104 valence electrons. The summed E-state index contributed by atoms with van der Waals surface area (Å²) in [4.78, 5) is 12.2. The molecule has 2 unspecified atom stereocenters. The highest BCUT2D eigenvalue weighted by molar-refractivity contribution is 6.30. The first-order valence-electron chi connectivity index (χ1n) is 6.74. The Kier molecular flexibility index (Phi) is 4.16. The highest BCUT2D eigenvalue weighted by Crippen LogP contribution is 2.38. The zero-order valence-corrected chi connectivity index (χ0v) is 12.2. The molecule has 0 spiro atoms. The molecule has 1 aliphatic rings. The number of nitrogens with two attached hydrogens (primary N) is 1. The van der Waals surface area contributed by atoms with Crippen molar-refractivity contribution in [2.75, 3.05) is 0 Å². The van der Waals surface area contributed by atoms with Gasteiger partial charge < -0.3 is 11.1 Å². The van der Waals surface area contributed by atoms with E-state index in [2.05, 4.69) is 5.32 Å². The lowest BCUT2D eigenvalue weighted by molar-refractivity contribution is -0.127. The summed E-state index contributed by atoms with van der Waals surface area (Å²) in [6, 6.07) is 7.75. The second-order valence-corrected chi connectivity index (χ2v) is 6.20. The van der Waals surface area contributed by atoms with Crippen LogP contribution in [-0.4, -0.2) is 17.5 Å². The lowest BCUT2D eigenvalue weighted by Crippen LogP contribution is -2.55. The van der Waals surface area contributed by atoms with Crippen LogP contribution >= 0.6 is 11.6 Å². The van der Waals surface area contributed by atoms with Crippen LogP contribution in [0.3, 0.4) is 0 Å². The maximum Gasteiger partial charge on any atom is 0.240 e. The van der Waals surface area contributed by atoms with Crippen LogP contribution in [-0.2, 0) is 11.2 Å². The highest BCUT2D eigenvalue weighted by atomic mass is 35.5. The normalized spacial score (nSPS) is 19.6. The number of halogens is 1. The summed E-state index contributed by atoms with van der Waals surface area (Å²) < 4.78 is 0. The van der Waals surface area contributed by atoms with Crippen LogP contribution in [0.1, 0.15) is 32.3 Å². The number of nitrogens with one attached hydrogen (secondary N) is 1. The molecule has 19 heavy (non-hydrogen) atoms. The summed E-state index contributed by atoms with van der Waals surface area (Å²) in [5, 5.41) is 3.72. The lowest BCUT2D eigenvalue weighted by Gasteiger charge is -2.25. The number of hydrogen-bond donors (Lipinski definition) is 2. The van der Waals surface area contributed by atoms with Crippen LogP contribution in [0.2, 0.25) is 5.02 Å². The average molecular weight is 281 g/mol. The minimum atomic E-state index is -0.734. The van der Waals surface area contributed by atoms with Crippen LogP contribution in [0, 0.1) is 5.92 Å². The third-order valence-electron chi connectivity index (χ3n) is 3.72. The molecule has 0 saturated heterocycles. The minimum absolute atomic E-state index is 0.0487. The van der Waals surface area contributed by atoms with E-state index < -0.39 is 5.54 Å². The smallest absolute Gasteiger partial charge is 0.240 e. The molecule has 3 nitrogen and oxygen atoms in total. The number of carbonyl (C=O) groups is 1. The van der Waals surface area contributed by atoms with Crippen LogP contribution in [0.25, 0.3) is 0 Å². The third-order valence-corrected chi connectivity index (χ3v) is 3.96. The molecule has 0 bridgehead atoms. The van der Waals surface area contributed by atoms with Crippen molar-refractivity contribution in [1.82, 2.24) is 5.32 Å². The number of benzene rings is 1. The quantitative estimate of drug-likeness (QED) is 0.871. The first-order chi connectivity index (χ1) is 8.89. The second kappa shape index (κ2) is 5.51. The Morgan fingerprint density at radius 2 is 2.26 bits per heavy atom. The first-order valence-corrected chi connectivity index (χ1v) is 7.11. The van der Waals surface area contributed by atoms with E-state index in [4.69, 9.17) is 17.3 Å². The van der Waals surface area contributed by atoms with Crippen molar-refractivity contribution in [3.05, 3.63) is 34.9 Å². The zero-order chi connectivity index (χ0) is 14.0. The Hall–Kier alpha value is -1.06. The monoisotopic (exact) mass is 280 g/mol. The molecule has 0 aliphatic heterocycles. The number of carbonyl (C=O) groups excluding carboxylic acids is 1. The molecular weight excluding hydrogens is 260 g/mol. The molecule has 2 rings (SSSR count). The van der Waals surface area contributed by atoms with Crippen molar-refractivity contribution in [3.8, 4) is 0 Å².